The zero-order valence-electron chi connectivity index (χ0n) is 14.6. The van der Waals surface area contributed by atoms with E-state index in [0.717, 1.165) is 12.8 Å². The topological polar surface area (TPSA) is 62.6 Å². The van der Waals surface area contributed by atoms with E-state index in [1.165, 1.54) is 4.31 Å². The molecule has 3 heterocycles. The van der Waals surface area contributed by atoms with Gasteiger partial charge in [0.15, 0.2) is 0 Å². The molecule has 0 N–H and O–H groups in total. The van der Waals surface area contributed by atoms with Crippen molar-refractivity contribution in [3.8, 4) is 0 Å². The Labute approximate surface area is 154 Å². The number of nitrogens with zero attached hydrogens (tertiary/aromatic N) is 3. The van der Waals surface area contributed by atoms with Crippen molar-refractivity contribution in [2.45, 2.75) is 25.3 Å². The lowest BCUT2D eigenvalue weighted by Crippen LogP contribution is -2.39. The summed E-state index contributed by atoms with van der Waals surface area (Å²) in [6.45, 7) is 1.92. The second-order valence-corrected chi connectivity index (χ2v) is 8.96. The van der Waals surface area contributed by atoms with Gasteiger partial charge in [0.2, 0.25) is 10.0 Å². The molecule has 138 valence electrons. The highest BCUT2D eigenvalue weighted by atomic mass is 32.2. The third-order valence-electron chi connectivity index (χ3n) is 5.28. The van der Waals surface area contributed by atoms with Crippen LogP contribution in [0.3, 0.4) is 0 Å². The zero-order valence-corrected chi connectivity index (χ0v) is 15.4. The summed E-state index contributed by atoms with van der Waals surface area (Å²) in [6.07, 6.45) is 6.64. The minimum Gasteiger partial charge on any atom is -0.351 e. The van der Waals surface area contributed by atoms with E-state index in [-0.39, 0.29) is 11.7 Å². The maximum Gasteiger partial charge on any atom is 0.253 e. The van der Waals surface area contributed by atoms with E-state index in [1.807, 2.05) is 17.0 Å². The standard InChI is InChI=1S/C19H23N3O3S/c23-19(21-12-7-17(8-13-21)20-9-1-2-10-20)16-5-3-6-18(15-16)22-11-4-14-26(22,24)25/h1-3,5-6,9-10,15,17H,4,7-8,11-14H2. The summed E-state index contributed by atoms with van der Waals surface area (Å²) in [5.74, 6) is 0.160. The van der Waals surface area contributed by atoms with Gasteiger partial charge in [0.1, 0.15) is 0 Å². The van der Waals surface area contributed by atoms with E-state index in [4.69, 9.17) is 0 Å². The van der Waals surface area contributed by atoms with E-state index in [0.29, 0.717) is 43.3 Å². The first-order valence-electron chi connectivity index (χ1n) is 9.07. The van der Waals surface area contributed by atoms with E-state index in [1.54, 1.807) is 24.3 Å². The molecular formula is C19H23N3O3S. The maximum atomic E-state index is 12.9. The molecule has 2 saturated heterocycles. The molecule has 2 fully saturated rings. The number of anilines is 1. The van der Waals surface area contributed by atoms with Gasteiger partial charge in [-0.3, -0.25) is 9.10 Å². The number of carbonyl (C=O) groups is 1. The van der Waals surface area contributed by atoms with E-state index >= 15 is 0 Å². The van der Waals surface area contributed by atoms with Gasteiger partial charge in [-0.25, -0.2) is 8.42 Å². The van der Waals surface area contributed by atoms with Crippen LogP contribution in [0.4, 0.5) is 5.69 Å². The summed E-state index contributed by atoms with van der Waals surface area (Å²) in [5, 5.41) is 0. The molecule has 2 aliphatic heterocycles. The highest BCUT2D eigenvalue weighted by molar-refractivity contribution is 7.93. The number of carbonyl (C=O) groups excluding carboxylic acids is 1. The Morgan fingerprint density at radius 3 is 2.38 bits per heavy atom. The van der Waals surface area contributed by atoms with Crippen LogP contribution in [0.15, 0.2) is 48.8 Å². The number of sulfonamides is 1. The summed E-state index contributed by atoms with van der Waals surface area (Å²) in [7, 11) is -3.23. The molecule has 0 unspecified atom stereocenters. The Balaban J connectivity index is 1.46. The number of rotatable bonds is 3. The Morgan fingerprint density at radius 1 is 1.00 bits per heavy atom. The van der Waals surface area contributed by atoms with Crippen molar-refractivity contribution in [1.29, 1.82) is 0 Å². The molecule has 1 aromatic carbocycles. The van der Waals surface area contributed by atoms with Gasteiger partial charge in [0.25, 0.3) is 5.91 Å². The Hall–Kier alpha value is -2.28. The molecule has 0 atom stereocenters. The van der Waals surface area contributed by atoms with Gasteiger partial charge >= 0.3 is 0 Å². The predicted octanol–water partition coefficient (Wildman–Crippen LogP) is 2.51. The van der Waals surface area contributed by atoms with E-state index in [9.17, 15) is 13.2 Å². The quantitative estimate of drug-likeness (QED) is 0.830. The lowest BCUT2D eigenvalue weighted by Gasteiger charge is -2.33. The maximum absolute atomic E-state index is 12.9. The van der Waals surface area contributed by atoms with Crippen LogP contribution in [0.2, 0.25) is 0 Å². The highest BCUT2D eigenvalue weighted by Crippen LogP contribution is 2.27. The second kappa shape index (κ2) is 6.79. The molecular weight excluding hydrogens is 350 g/mol. The number of amides is 1. The summed E-state index contributed by atoms with van der Waals surface area (Å²) in [4.78, 5) is 14.7. The monoisotopic (exact) mass is 373 g/mol. The van der Waals surface area contributed by atoms with Crippen LogP contribution in [-0.4, -0.2) is 49.2 Å². The molecule has 2 aliphatic rings. The zero-order chi connectivity index (χ0) is 18.1. The summed E-state index contributed by atoms with van der Waals surface area (Å²) in [5.41, 5.74) is 1.15. The molecule has 7 heteroatoms. The lowest BCUT2D eigenvalue weighted by atomic mass is 10.0. The van der Waals surface area contributed by atoms with Gasteiger partial charge in [-0.05, 0) is 49.6 Å². The van der Waals surface area contributed by atoms with Crippen molar-refractivity contribution in [2.75, 3.05) is 29.7 Å². The van der Waals surface area contributed by atoms with Crippen LogP contribution in [0.5, 0.6) is 0 Å². The third kappa shape index (κ3) is 3.23. The highest BCUT2D eigenvalue weighted by Gasteiger charge is 2.29. The van der Waals surface area contributed by atoms with Crippen molar-refractivity contribution < 1.29 is 13.2 Å². The first kappa shape index (κ1) is 17.1. The van der Waals surface area contributed by atoms with E-state index in [2.05, 4.69) is 17.0 Å². The number of hydrogen-bond acceptors (Lipinski definition) is 3. The van der Waals surface area contributed by atoms with Crippen LogP contribution in [0.1, 0.15) is 35.7 Å². The smallest absolute Gasteiger partial charge is 0.253 e. The molecule has 6 nitrogen and oxygen atoms in total. The van der Waals surface area contributed by atoms with Gasteiger partial charge in [-0.2, -0.15) is 0 Å². The minimum absolute atomic E-state index is 0.0191. The second-order valence-electron chi connectivity index (χ2n) is 6.95. The fourth-order valence-corrected chi connectivity index (χ4v) is 5.42. The first-order chi connectivity index (χ1) is 12.5. The van der Waals surface area contributed by atoms with Crippen molar-refractivity contribution in [2.24, 2.45) is 0 Å². The molecule has 1 aromatic heterocycles. The van der Waals surface area contributed by atoms with Gasteiger partial charge < -0.3 is 9.47 Å². The molecule has 0 aliphatic carbocycles. The summed E-state index contributed by atoms with van der Waals surface area (Å²) < 4.78 is 27.9. The minimum atomic E-state index is -3.23. The van der Waals surface area contributed by atoms with Crippen LogP contribution < -0.4 is 4.31 Å². The fraction of sp³-hybridized carbons (Fsp3) is 0.421. The number of hydrogen-bond donors (Lipinski definition) is 0. The molecule has 0 radical (unpaired) electrons. The summed E-state index contributed by atoms with van der Waals surface area (Å²) in [6, 6.07) is 11.5. The van der Waals surface area contributed by atoms with Crippen molar-refractivity contribution >= 4 is 21.6 Å². The molecule has 0 spiro atoms. The van der Waals surface area contributed by atoms with Gasteiger partial charge in [0.05, 0.1) is 11.4 Å². The van der Waals surface area contributed by atoms with Gasteiger partial charge in [-0.1, -0.05) is 6.07 Å². The largest absolute Gasteiger partial charge is 0.351 e. The van der Waals surface area contributed by atoms with Crippen LogP contribution >= 0.6 is 0 Å². The average molecular weight is 373 g/mol. The summed E-state index contributed by atoms with van der Waals surface area (Å²) >= 11 is 0. The molecule has 26 heavy (non-hydrogen) atoms. The van der Waals surface area contributed by atoms with Gasteiger partial charge in [-0.15, -0.1) is 0 Å². The van der Waals surface area contributed by atoms with Crippen LogP contribution in [0.25, 0.3) is 0 Å². The number of likely N-dealkylation sites (tertiary alicyclic amines) is 1. The van der Waals surface area contributed by atoms with Crippen molar-refractivity contribution in [1.82, 2.24) is 9.47 Å². The Bertz CT molecular complexity index is 885. The molecule has 0 bridgehead atoms. The molecule has 0 saturated carbocycles. The SMILES string of the molecule is O=C(c1cccc(N2CCCS2(=O)=O)c1)N1CCC(n2cccc2)CC1. The first-order valence-corrected chi connectivity index (χ1v) is 10.7. The fourth-order valence-electron chi connectivity index (χ4n) is 3.86. The van der Waals surface area contributed by atoms with Crippen LogP contribution in [-0.2, 0) is 10.0 Å². The van der Waals surface area contributed by atoms with E-state index < -0.39 is 10.0 Å². The van der Waals surface area contributed by atoms with Gasteiger partial charge in [0, 0.05) is 43.6 Å². The molecule has 4 rings (SSSR count). The van der Waals surface area contributed by atoms with Crippen molar-refractivity contribution in [3.05, 3.63) is 54.4 Å². The number of aromatic nitrogens is 1. The predicted molar refractivity (Wildman–Crippen MR) is 101 cm³/mol. The number of benzene rings is 1. The Kier molecular flexibility index (Phi) is 4.48. The molecule has 2 aromatic rings. The third-order valence-corrected chi connectivity index (χ3v) is 7.15. The van der Waals surface area contributed by atoms with Crippen LogP contribution in [0, 0.1) is 0 Å². The average Bonchev–Trinajstić information content (AvgIpc) is 3.31. The molecule has 1 amide bonds. The number of piperidine rings is 1. The normalized spacial score (nSPS) is 20.5. The Morgan fingerprint density at radius 2 is 1.73 bits per heavy atom. The lowest BCUT2D eigenvalue weighted by molar-refractivity contribution is 0.0694. The van der Waals surface area contributed by atoms with Crippen molar-refractivity contribution in [3.63, 3.8) is 0 Å².